The number of aromatic nitrogens is 3. The number of pyridine rings is 3. The summed E-state index contributed by atoms with van der Waals surface area (Å²) in [6.07, 6.45) is 9.97. The molecule has 0 spiro atoms. The fourth-order valence-corrected chi connectivity index (χ4v) is 7.77. The van der Waals surface area contributed by atoms with Crippen LogP contribution in [-0.4, -0.2) is 15.0 Å². The monoisotopic (exact) mass is 635 g/mol. The predicted octanol–water partition coefficient (Wildman–Crippen LogP) is 12.2. The van der Waals surface area contributed by atoms with Gasteiger partial charge in [0, 0.05) is 61.8 Å². The van der Waals surface area contributed by atoms with Crippen LogP contribution in [0.4, 0.5) is 0 Å². The highest BCUT2D eigenvalue weighted by molar-refractivity contribution is 6.31. The number of rotatable bonds is 3. The molecule has 0 radical (unpaired) electrons. The highest BCUT2D eigenvalue weighted by atomic mass is 14.7. The Morgan fingerprint density at radius 1 is 0.540 bits per heavy atom. The average Bonchev–Trinajstić information content (AvgIpc) is 3.38. The van der Waals surface area contributed by atoms with E-state index in [9.17, 15) is 0 Å². The SMILES string of the molecule is CC1=C=CC=Cc2ccc3c(-c4ccc(-c5cccc(-c6nc7c8ccccc8c8ccccc8c7c7ccccc67)c5)cn4)ccnc3c21. The number of benzene rings is 6. The first kappa shape index (κ1) is 28.4. The van der Waals surface area contributed by atoms with E-state index in [0.717, 1.165) is 72.1 Å². The van der Waals surface area contributed by atoms with Crippen LogP contribution in [0.25, 0.3) is 99.4 Å². The molecular weight excluding hydrogens is 607 g/mol. The fraction of sp³-hybridized carbons (Fsp3) is 0.0213. The van der Waals surface area contributed by atoms with E-state index in [2.05, 4.69) is 146 Å². The lowest BCUT2D eigenvalue weighted by atomic mass is 9.92. The summed E-state index contributed by atoms with van der Waals surface area (Å²) in [6, 6.07) is 45.4. The molecule has 0 atom stereocenters. The van der Waals surface area contributed by atoms with E-state index in [4.69, 9.17) is 15.0 Å². The maximum atomic E-state index is 5.48. The Morgan fingerprint density at radius 3 is 2.06 bits per heavy atom. The number of allylic oxidation sites excluding steroid dienone is 2. The van der Waals surface area contributed by atoms with Crippen molar-refractivity contribution in [2.75, 3.05) is 0 Å². The van der Waals surface area contributed by atoms with Crippen molar-refractivity contribution < 1.29 is 0 Å². The molecule has 0 amide bonds. The highest BCUT2D eigenvalue weighted by Crippen LogP contribution is 2.41. The van der Waals surface area contributed by atoms with Crippen LogP contribution in [0.2, 0.25) is 0 Å². The maximum absolute atomic E-state index is 5.48. The zero-order valence-corrected chi connectivity index (χ0v) is 27.4. The van der Waals surface area contributed by atoms with Gasteiger partial charge in [0.1, 0.15) is 0 Å². The molecule has 0 saturated heterocycles. The van der Waals surface area contributed by atoms with E-state index in [1.807, 2.05) is 24.5 Å². The van der Waals surface area contributed by atoms with Gasteiger partial charge < -0.3 is 0 Å². The molecule has 6 aromatic carbocycles. The summed E-state index contributed by atoms with van der Waals surface area (Å²) in [4.78, 5) is 15.3. The number of fused-ring (bicyclic) bond motifs is 11. The Labute approximate surface area is 289 Å². The third-order valence-corrected chi connectivity index (χ3v) is 10.1. The van der Waals surface area contributed by atoms with Crippen molar-refractivity contribution in [1.29, 1.82) is 0 Å². The Kier molecular flexibility index (Phi) is 6.35. The van der Waals surface area contributed by atoms with Crippen molar-refractivity contribution in [2.24, 2.45) is 0 Å². The van der Waals surface area contributed by atoms with Crippen LogP contribution in [-0.2, 0) is 0 Å². The second kappa shape index (κ2) is 11.2. The van der Waals surface area contributed by atoms with Gasteiger partial charge >= 0.3 is 0 Å². The van der Waals surface area contributed by atoms with E-state index >= 15 is 0 Å². The zero-order chi connectivity index (χ0) is 33.2. The molecule has 0 fully saturated rings. The average molecular weight is 636 g/mol. The first-order valence-electron chi connectivity index (χ1n) is 16.9. The lowest BCUT2D eigenvalue weighted by molar-refractivity contribution is 1.32. The number of hydrogen-bond donors (Lipinski definition) is 0. The molecule has 9 aromatic rings. The summed E-state index contributed by atoms with van der Waals surface area (Å²) in [5.74, 6) is 0. The predicted molar refractivity (Wildman–Crippen MR) is 210 cm³/mol. The topological polar surface area (TPSA) is 38.7 Å². The summed E-state index contributed by atoms with van der Waals surface area (Å²) >= 11 is 0. The Morgan fingerprint density at radius 2 is 1.26 bits per heavy atom. The molecule has 1 aliphatic rings. The first-order valence-corrected chi connectivity index (χ1v) is 16.9. The second-order valence-corrected chi connectivity index (χ2v) is 12.9. The van der Waals surface area contributed by atoms with Crippen molar-refractivity contribution in [2.45, 2.75) is 6.92 Å². The molecule has 3 aromatic heterocycles. The Balaban J connectivity index is 1.10. The fourth-order valence-electron chi connectivity index (χ4n) is 7.77. The zero-order valence-electron chi connectivity index (χ0n) is 27.4. The molecule has 3 nitrogen and oxygen atoms in total. The van der Waals surface area contributed by atoms with Crippen molar-refractivity contribution in [1.82, 2.24) is 15.0 Å². The lowest BCUT2D eigenvalue weighted by Crippen LogP contribution is -1.94. The maximum Gasteiger partial charge on any atom is 0.0800 e. The van der Waals surface area contributed by atoms with Crippen LogP contribution in [0.1, 0.15) is 18.1 Å². The van der Waals surface area contributed by atoms with E-state index < -0.39 is 0 Å². The molecule has 3 heteroatoms. The molecule has 1 aliphatic carbocycles. The van der Waals surface area contributed by atoms with Gasteiger partial charge in [0.25, 0.3) is 0 Å². The van der Waals surface area contributed by atoms with Gasteiger partial charge in [0.05, 0.1) is 22.4 Å². The van der Waals surface area contributed by atoms with Crippen molar-refractivity contribution >= 4 is 65.8 Å². The van der Waals surface area contributed by atoms with Gasteiger partial charge in [-0.15, -0.1) is 5.73 Å². The number of hydrogen-bond acceptors (Lipinski definition) is 3. The molecule has 232 valence electrons. The molecule has 0 aliphatic heterocycles. The number of nitrogens with zero attached hydrogens (tertiary/aromatic N) is 3. The normalized spacial score (nSPS) is 12.5. The molecular formula is C47H29N3. The van der Waals surface area contributed by atoms with Gasteiger partial charge in [-0.2, -0.15) is 0 Å². The summed E-state index contributed by atoms with van der Waals surface area (Å²) < 4.78 is 0. The van der Waals surface area contributed by atoms with E-state index in [1.165, 1.54) is 32.3 Å². The Bertz CT molecular complexity index is 2960. The van der Waals surface area contributed by atoms with E-state index in [-0.39, 0.29) is 0 Å². The van der Waals surface area contributed by atoms with Crippen LogP contribution in [0.15, 0.2) is 158 Å². The Hall–Kier alpha value is -6.67. The quantitative estimate of drug-likeness (QED) is 0.143. The van der Waals surface area contributed by atoms with Gasteiger partial charge in [-0.25, -0.2) is 4.98 Å². The molecule has 50 heavy (non-hydrogen) atoms. The molecule has 10 rings (SSSR count). The minimum atomic E-state index is 0.917. The van der Waals surface area contributed by atoms with Gasteiger partial charge in [0.15, 0.2) is 0 Å². The summed E-state index contributed by atoms with van der Waals surface area (Å²) in [5.41, 5.74) is 14.9. The molecule has 3 heterocycles. The minimum absolute atomic E-state index is 0.917. The molecule has 0 unspecified atom stereocenters. The molecule has 0 saturated carbocycles. The third kappa shape index (κ3) is 4.35. The van der Waals surface area contributed by atoms with Crippen LogP contribution in [0, 0.1) is 0 Å². The third-order valence-electron chi connectivity index (χ3n) is 10.1. The van der Waals surface area contributed by atoms with Gasteiger partial charge in [0.2, 0.25) is 0 Å². The van der Waals surface area contributed by atoms with Crippen molar-refractivity contribution in [3.8, 4) is 33.6 Å². The summed E-state index contributed by atoms with van der Waals surface area (Å²) in [6.45, 7) is 2.09. The van der Waals surface area contributed by atoms with Crippen LogP contribution < -0.4 is 0 Å². The van der Waals surface area contributed by atoms with E-state index in [1.54, 1.807) is 0 Å². The van der Waals surface area contributed by atoms with Gasteiger partial charge in [-0.3, -0.25) is 9.97 Å². The highest BCUT2D eigenvalue weighted by Gasteiger charge is 2.17. The molecule has 0 N–H and O–H groups in total. The van der Waals surface area contributed by atoms with Crippen LogP contribution in [0.3, 0.4) is 0 Å². The van der Waals surface area contributed by atoms with Crippen molar-refractivity contribution in [3.63, 3.8) is 0 Å². The van der Waals surface area contributed by atoms with E-state index in [0.29, 0.717) is 0 Å². The van der Waals surface area contributed by atoms with Crippen LogP contribution in [0.5, 0.6) is 0 Å². The van der Waals surface area contributed by atoms with Gasteiger partial charge in [-0.1, -0.05) is 121 Å². The minimum Gasteiger partial charge on any atom is -0.256 e. The summed E-state index contributed by atoms with van der Waals surface area (Å²) in [5, 5.41) is 9.52. The first-order chi connectivity index (χ1) is 24.7. The van der Waals surface area contributed by atoms with Crippen molar-refractivity contribution in [3.05, 3.63) is 169 Å². The van der Waals surface area contributed by atoms with Gasteiger partial charge in [-0.05, 0) is 63.9 Å². The lowest BCUT2D eigenvalue weighted by Gasteiger charge is -2.15. The van der Waals surface area contributed by atoms with Crippen LogP contribution >= 0.6 is 0 Å². The standard InChI is InChI=1S/C47H29N3/c1-29-11-2-3-12-30-21-23-41-36(25-26-48-46(41)43(29)30)42-24-22-33(28-49-42)31-13-10-14-32(27-31)45-40-20-9-7-18-38(40)44-37-17-6-4-15-34(37)35-16-5-8-19-39(35)47(44)50-45/h2-10,12-28H,1H3. The smallest absolute Gasteiger partial charge is 0.0800 e. The molecule has 0 bridgehead atoms. The second-order valence-electron chi connectivity index (χ2n) is 12.9. The largest absolute Gasteiger partial charge is 0.256 e. The summed E-state index contributed by atoms with van der Waals surface area (Å²) in [7, 11) is 0.